The van der Waals surface area contributed by atoms with Crippen LogP contribution in [0.5, 0.6) is 11.6 Å². The predicted octanol–water partition coefficient (Wildman–Crippen LogP) is 3.57. The summed E-state index contributed by atoms with van der Waals surface area (Å²) in [5, 5.41) is 0. The second-order valence-corrected chi connectivity index (χ2v) is 4.66. The number of rotatable bonds is 4. The monoisotopic (exact) mass is 301 g/mol. The molecule has 0 aliphatic carbocycles. The Labute approximate surface area is 129 Å². The highest BCUT2D eigenvalue weighted by Crippen LogP contribution is 2.22. The van der Waals surface area contributed by atoms with Crippen LogP contribution in [0.3, 0.4) is 0 Å². The maximum absolute atomic E-state index is 5.85. The molecular formula is C17H16ClNO2. The Bertz CT molecular complexity index is 674. The van der Waals surface area contributed by atoms with E-state index in [2.05, 4.69) is 16.8 Å². The zero-order valence-electron chi connectivity index (χ0n) is 12.0. The fourth-order valence-corrected chi connectivity index (χ4v) is 1.94. The van der Waals surface area contributed by atoms with Gasteiger partial charge in [0.2, 0.25) is 5.88 Å². The molecule has 1 aromatic heterocycles. The van der Waals surface area contributed by atoms with Crippen molar-refractivity contribution in [2.75, 3.05) is 13.0 Å². The zero-order valence-corrected chi connectivity index (χ0v) is 12.8. The minimum atomic E-state index is 0.295. The number of aryl methyl sites for hydroxylation is 1. The van der Waals surface area contributed by atoms with Crippen LogP contribution in [-0.4, -0.2) is 18.0 Å². The Morgan fingerprint density at radius 2 is 2.14 bits per heavy atom. The van der Waals surface area contributed by atoms with Gasteiger partial charge < -0.3 is 9.47 Å². The van der Waals surface area contributed by atoms with Gasteiger partial charge in [0.05, 0.1) is 24.1 Å². The molecule has 0 aliphatic rings. The molecule has 0 N–H and O–H groups in total. The summed E-state index contributed by atoms with van der Waals surface area (Å²) in [7, 11) is 1.59. The average Bonchev–Trinajstić information content (AvgIpc) is 2.52. The van der Waals surface area contributed by atoms with Gasteiger partial charge in [-0.05, 0) is 36.8 Å². The molecule has 3 nitrogen and oxygen atoms in total. The van der Waals surface area contributed by atoms with E-state index in [1.165, 1.54) is 0 Å². The number of pyridine rings is 1. The fraction of sp³-hybridized carbons (Fsp3) is 0.235. The number of methoxy groups -OCH3 is 1. The lowest BCUT2D eigenvalue weighted by molar-refractivity contribution is 0.293. The number of hydrogen-bond acceptors (Lipinski definition) is 3. The highest BCUT2D eigenvalue weighted by molar-refractivity contribution is 6.19. The van der Waals surface area contributed by atoms with Crippen molar-refractivity contribution in [1.29, 1.82) is 0 Å². The lowest BCUT2D eigenvalue weighted by atomic mass is 10.1. The molecule has 0 atom stereocenters. The third-order valence-electron chi connectivity index (χ3n) is 2.85. The number of halogens is 1. The number of aromatic nitrogens is 1. The van der Waals surface area contributed by atoms with E-state index in [4.69, 9.17) is 21.1 Å². The maximum Gasteiger partial charge on any atom is 0.219 e. The molecule has 0 unspecified atom stereocenters. The van der Waals surface area contributed by atoms with E-state index < -0.39 is 0 Å². The van der Waals surface area contributed by atoms with Gasteiger partial charge in [0.1, 0.15) is 12.4 Å². The number of benzene rings is 1. The summed E-state index contributed by atoms with van der Waals surface area (Å²) in [5.41, 5.74) is 2.84. The number of ether oxygens (including phenoxy) is 2. The molecule has 0 bridgehead atoms. The first kappa shape index (κ1) is 15.2. The minimum Gasteiger partial charge on any atom is -0.487 e. The van der Waals surface area contributed by atoms with E-state index in [-0.39, 0.29) is 0 Å². The summed E-state index contributed by atoms with van der Waals surface area (Å²) in [4.78, 5) is 4.15. The van der Waals surface area contributed by atoms with Gasteiger partial charge in [0, 0.05) is 6.20 Å². The van der Waals surface area contributed by atoms with E-state index >= 15 is 0 Å². The SMILES string of the molecule is COc1ncccc1COc1ccc(C)cc1C#CCCl. The van der Waals surface area contributed by atoms with E-state index in [0.29, 0.717) is 18.4 Å². The van der Waals surface area contributed by atoms with Crippen LogP contribution in [0.4, 0.5) is 0 Å². The Morgan fingerprint density at radius 1 is 1.29 bits per heavy atom. The number of hydrogen-bond donors (Lipinski definition) is 0. The lowest BCUT2D eigenvalue weighted by Gasteiger charge is -2.11. The second-order valence-electron chi connectivity index (χ2n) is 4.40. The quantitative estimate of drug-likeness (QED) is 0.639. The molecule has 0 fully saturated rings. The summed E-state index contributed by atoms with van der Waals surface area (Å²) in [5.74, 6) is 7.46. The predicted molar refractivity (Wildman–Crippen MR) is 83.9 cm³/mol. The van der Waals surface area contributed by atoms with E-state index in [0.717, 1.165) is 22.4 Å². The van der Waals surface area contributed by atoms with Crippen LogP contribution in [0.1, 0.15) is 16.7 Å². The molecule has 2 aromatic rings. The van der Waals surface area contributed by atoms with Gasteiger partial charge in [-0.2, -0.15) is 0 Å². The first-order chi connectivity index (χ1) is 10.2. The van der Waals surface area contributed by atoms with Gasteiger partial charge in [-0.1, -0.05) is 17.9 Å². The van der Waals surface area contributed by atoms with Crippen LogP contribution in [0, 0.1) is 18.8 Å². The maximum atomic E-state index is 5.85. The molecule has 0 amide bonds. The number of alkyl halides is 1. The standard InChI is InChI=1S/C17H16ClNO2/c1-13-7-8-16(14(11-13)5-3-9-18)21-12-15-6-4-10-19-17(15)20-2/h4,6-8,10-11H,9,12H2,1-2H3. The van der Waals surface area contributed by atoms with Crippen LogP contribution in [0.25, 0.3) is 0 Å². The van der Waals surface area contributed by atoms with Gasteiger partial charge in [0.15, 0.2) is 0 Å². The molecular weight excluding hydrogens is 286 g/mol. The molecule has 4 heteroatoms. The summed E-state index contributed by atoms with van der Waals surface area (Å²) < 4.78 is 11.1. The minimum absolute atomic E-state index is 0.295. The summed E-state index contributed by atoms with van der Waals surface area (Å²) >= 11 is 5.62. The third-order valence-corrected chi connectivity index (χ3v) is 2.99. The smallest absolute Gasteiger partial charge is 0.219 e. The summed E-state index contributed by atoms with van der Waals surface area (Å²) in [6.45, 7) is 2.38. The van der Waals surface area contributed by atoms with Gasteiger partial charge in [-0.15, -0.1) is 11.6 Å². The topological polar surface area (TPSA) is 31.4 Å². The lowest BCUT2D eigenvalue weighted by Crippen LogP contribution is -2.01. The molecule has 108 valence electrons. The molecule has 21 heavy (non-hydrogen) atoms. The van der Waals surface area contributed by atoms with Crippen molar-refractivity contribution < 1.29 is 9.47 Å². The van der Waals surface area contributed by atoms with Crippen LogP contribution in [0.15, 0.2) is 36.5 Å². The van der Waals surface area contributed by atoms with Crippen molar-refractivity contribution in [1.82, 2.24) is 4.98 Å². The Balaban J connectivity index is 2.20. The van der Waals surface area contributed by atoms with Crippen LogP contribution < -0.4 is 9.47 Å². The highest BCUT2D eigenvalue weighted by atomic mass is 35.5. The Kier molecular flexibility index (Phi) is 5.48. The Hall–Kier alpha value is -2.18. The van der Waals surface area contributed by atoms with Crippen molar-refractivity contribution in [2.45, 2.75) is 13.5 Å². The molecule has 0 radical (unpaired) electrons. The van der Waals surface area contributed by atoms with Crippen molar-refractivity contribution in [3.05, 3.63) is 53.2 Å². The van der Waals surface area contributed by atoms with Crippen molar-refractivity contribution in [3.8, 4) is 23.5 Å². The van der Waals surface area contributed by atoms with Crippen LogP contribution >= 0.6 is 11.6 Å². The molecule has 0 aliphatic heterocycles. The molecule has 1 aromatic carbocycles. The first-order valence-corrected chi connectivity index (χ1v) is 7.04. The van der Waals surface area contributed by atoms with Crippen molar-refractivity contribution in [2.24, 2.45) is 0 Å². The molecule has 0 saturated carbocycles. The molecule has 0 spiro atoms. The fourth-order valence-electron chi connectivity index (χ4n) is 1.87. The van der Waals surface area contributed by atoms with Gasteiger partial charge in [-0.25, -0.2) is 4.98 Å². The van der Waals surface area contributed by atoms with E-state index in [1.54, 1.807) is 13.3 Å². The molecule has 1 heterocycles. The van der Waals surface area contributed by atoms with Gasteiger partial charge in [-0.3, -0.25) is 0 Å². The van der Waals surface area contributed by atoms with E-state index in [1.807, 2.05) is 37.3 Å². The number of nitrogens with zero attached hydrogens (tertiary/aromatic N) is 1. The molecule has 0 saturated heterocycles. The van der Waals surface area contributed by atoms with Gasteiger partial charge in [0.25, 0.3) is 0 Å². The highest BCUT2D eigenvalue weighted by Gasteiger charge is 2.06. The van der Waals surface area contributed by atoms with Crippen molar-refractivity contribution >= 4 is 11.6 Å². The summed E-state index contributed by atoms with van der Waals surface area (Å²) in [6.07, 6.45) is 1.69. The Morgan fingerprint density at radius 3 is 2.90 bits per heavy atom. The van der Waals surface area contributed by atoms with Crippen LogP contribution in [-0.2, 0) is 6.61 Å². The molecule has 2 rings (SSSR count). The second kappa shape index (κ2) is 7.56. The normalized spacial score (nSPS) is 9.67. The first-order valence-electron chi connectivity index (χ1n) is 6.50. The van der Waals surface area contributed by atoms with Crippen molar-refractivity contribution in [3.63, 3.8) is 0 Å². The zero-order chi connectivity index (χ0) is 15.1. The average molecular weight is 302 g/mol. The van der Waals surface area contributed by atoms with Crippen LogP contribution in [0.2, 0.25) is 0 Å². The van der Waals surface area contributed by atoms with E-state index in [9.17, 15) is 0 Å². The largest absolute Gasteiger partial charge is 0.487 e. The van der Waals surface area contributed by atoms with Gasteiger partial charge >= 0.3 is 0 Å². The third kappa shape index (κ3) is 4.14. The summed E-state index contributed by atoms with van der Waals surface area (Å²) in [6, 6.07) is 9.65.